The first-order valence-electron chi connectivity index (χ1n) is 14.4. The van der Waals surface area contributed by atoms with Crippen molar-refractivity contribution in [3.63, 3.8) is 0 Å². The molecule has 1 atom stereocenters. The van der Waals surface area contributed by atoms with Crippen molar-refractivity contribution >= 4 is 22.3 Å². The number of hydrogen-bond acceptors (Lipinski definition) is 2. The minimum absolute atomic E-state index is 0.00966. The summed E-state index contributed by atoms with van der Waals surface area (Å²) in [4.78, 5) is 2.60. The highest BCUT2D eigenvalue weighted by Gasteiger charge is 2.50. The Hall–Kier alpha value is -3.52. The number of furan rings is 1. The summed E-state index contributed by atoms with van der Waals surface area (Å²) in [6.45, 7) is 9.72. The molecule has 8 rings (SSSR count). The molecule has 0 saturated carbocycles. The van der Waals surface area contributed by atoms with E-state index in [4.69, 9.17) is 4.42 Å². The van der Waals surface area contributed by atoms with Gasteiger partial charge in [-0.3, -0.25) is 0 Å². The number of allylic oxidation sites excluding steroid dienone is 4. The zero-order valence-electron chi connectivity index (χ0n) is 22.9. The van der Waals surface area contributed by atoms with E-state index in [-0.39, 0.29) is 10.8 Å². The summed E-state index contributed by atoms with van der Waals surface area (Å²) in [6, 6.07) is 23.1. The molecule has 3 aromatic carbocycles. The third-order valence-corrected chi connectivity index (χ3v) is 10.1. The maximum Gasteiger partial charge on any atom is 0.134 e. The molecule has 0 N–H and O–H groups in total. The Balaban J connectivity index is 1.34. The molecule has 190 valence electrons. The van der Waals surface area contributed by atoms with Gasteiger partial charge in [-0.2, -0.15) is 0 Å². The van der Waals surface area contributed by atoms with E-state index in [1.165, 1.54) is 74.5 Å². The number of nitrogens with zero attached hydrogens (tertiary/aromatic N) is 1. The Morgan fingerprint density at radius 2 is 1.58 bits per heavy atom. The molecule has 38 heavy (non-hydrogen) atoms. The molecule has 1 aromatic heterocycles. The fourth-order valence-electron chi connectivity index (χ4n) is 7.94. The van der Waals surface area contributed by atoms with Gasteiger partial charge in [-0.25, -0.2) is 0 Å². The zero-order valence-corrected chi connectivity index (χ0v) is 22.9. The van der Waals surface area contributed by atoms with Gasteiger partial charge in [0.2, 0.25) is 0 Å². The molecule has 0 saturated heterocycles. The van der Waals surface area contributed by atoms with Crippen molar-refractivity contribution in [3.8, 4) is 11.1 Å². The number of hydrogen-bond donors (Lipinski definition) is 0. The molecule has 2 aliphatic heterocycles. The van der Waals surface area contributed by atoms with Crippen LogP contribution in [-0.4, -0.2) is 0 Å². The lowest BCUT2D eigenvalue weighted by Crippen LogP contribution is -2.47. The highest BCUT2D eigenvalue weighted by atomic mass is 16.3. The van der Waals surface area contributed by atoms with Gasteiger partial charge in [0.1, 0.15) is 11.3 Å². The van der Waals surface area contributed by atoms with Crippen molar-refractivity contribution in [1.82, 2.24) is 0 Å². The van der Waals surface area contributed by atoms with Crippen LogP contribution in [0.4, 0.5) is 11.4 Å². The van der Waals surface area contributed by atoms with Crippen LogP contribution in [0.25, 0.3) is 22.1 Å². The van der Waals surface area contributed by atoms with Crippen molar-refractivity contribution in [2.75, 3.05) is 4.90 Å². The van der Waals surface area contributed by atoms with E-state index in [9.17, 15) is 0 Å². The Labute approximate surface area is 225 Å². The quantitative estimate of drug-likeness (QED) is 0.260. The van der Waals surface area contributed by atoms with Gasteiger partial charge in [-0.15, -0.1) is 0 Å². The van der Waals surface area contributed by atoms with Gasteiger partial charge in [-0.1, -0.05) is 70.2 Å². The first-order chi connectivity index (χ1) is 18.4. The average Bonchev–Trinajstić information content (AvgIpc) is 3.31. The summed E-state index contributed by atoms with van der Waals surface area (Å²) in [5.41, 5.74) is 13.6. The molecule has 2 heteroatoms. The second-order valence-corrected chi connectivity index (χ2v) is 12.8. The molecule has 0 fully saturated rings. The fourth-order valence-corrected chi connectivity index (χ4v) is 7.94. The maximum atomic E-state index is 6.24. The molecule has 0 bridgehead atoms. The van der Waals surface area contributed by atoms with Crippen molar-refractivity contribution in [1.29, 1.82) is 0 Å². The SMILES string of the molecule is CC1(C)C2=C3C(CC=C2)C(C)(C)c2cc(-c4ccc5oc6c(c5c4)CCCC6)ccc2N3c2ccccc21. The van der Waals surface area contributed by atoms with Crippen molar-refractivity contribution in [3.05, 3.63) is 107 Å². The second kappa shape index (κ2) is 7.53. The highest BCUT2D eigenvalue weighted by molar-refractivity contribution is 5.89. The third-order valence-electron chi connectivity index (χ3n) is 10.1. The normalized spacial score (nSPS) is 22.1. The van der Waals surface area contributed by atoms with Crippen LogP contribution >= 0.6 is 0 Å². The maximum absolute atomic E-state index is 6.24. The number of benzene rings is 3. The van der Waals surface area contributed by atoms with Crippen LogP contribution in [-0.2, 0) is 23.7 Å². The van der Waals surface area contributed by atoms with Gasteiger partial charge in [0.25, 0.3) is 0 Å². The van der Waals surface area contributed by atoms with E-state index in [0.29, 0.717) is 5.92 Å². The van der Waals surface area contributed by atoms with Crippen molar-refractivity contribution < 1.29 is 4.42 Å². The first kappa shape index (κ1) is 22.5. The third kappa shape index (κ3) is 2.84. The predicted octanol–water partition coefficient (Wildman–Crippen LogP) is 9.53. The van der Waals surface area contributed by atoms with Gasteiger partial charge in [0.15, 0.2) is 0 Å². The largest absolute Gasteiger partial charge is 0.461 e. The van der Waals surface area contributed by atoms with E-state index >= 15 is 0 Å². The fraction of sp³-hybridized carbons (Fsp3) is 0.333. The monoisotopic (exact) mass is 497 g/mol. The number of para-hydroxylation sites is 1. The minimum Gasteiger partial charge on any atom is -0.461 e. The molecular formula is C36H35NO. The zero-order chi connectivity index (χ0) is 25.8. The predicted molar refractivity (Wildman–Crippen MR) is 157 cm³/mol. The lowest BCUT2D eigenvalue weighted by atomic mass is 9.60. The van der Waals surface area contributed by atoms with Crippen LogP contribution in [0.15, 0.2) is 88.5 Å². The van der Waals surface area contributed by atoms with Crippen molar-refractivity contribution in [2.45, 2.75) is 70.6 Å². The van der Waals surface area contributed by atoms with Gasteiger partial charge in [0, 0.05) is 51.2 Å². The number of aryl methyl sites for hydroxylation is 2. The smallest absolute Gasteiger partial charge is 0.134 e. The lowest BCUT2D eigenvalue weighted by molar-refractivity contribution is 0.339. The molecule has 0 amide bonds. The van der Waals surface area contributed by atoms with Crippen LogP contribution in [0.3, 0.4) is 0 Å². The van der Waals surface area contributed by atoms with Crippen molar-refractivity contribution in [2.24, 2.45) is 5.92 Å². The molecule has 4 aliphatic rings. The Morgan fingerprint density at radius 3 is 2.47 bits per heavy atom. The minimum atomic E-state index is -0.00966. The summed E-state index contributed by atoms with van der Waals surface area (Å²) in [5.74, 6) is 1.66. The summed E-state index contributed by atoms with van der Waals surface area (Å²) >= 11 is 0. The van der Waals surface area contributed by atoms with E-state index in [2.05, 4.69) is 105 Å². The Bertz CT molecular complexity index is 1710. The Kier molecular flexibility index (Phi) is 4.45. The molecule has 4 aromatic rings. The number of anilines is 2. The molecule has 0 spiro atoms. The van der Waals surface area contributed by atoms with Crippen LogP contribution < -0.4 is 4.90 Å². The summed E-state index contributed by atoms with van der Waals surface area (Å²) in [7, 11) is 0. The van der Waals surface area contributed by atoms with Crippen LogP contribution in [0.1, 0.15) is 69.4 Å². The van der Waals surface area contributed by atoms with E-state index in [1.807, 2.05) is 0 Å². The van der Waals surface area contributed by atoms with E-state index < -0.39 is 0 Å². The molecular weight excluding hydrogens is 462 g/mol. The summed E-state index contributed by atoms with van der Waals surface area (Å²) in [6.07, 6.45) is 10.6. The topological polar surface area (TPSA) is 16.4 Å². The van der Waals surface area contributed by atoms with Gasteiger partial charge in [-0.05, 0) is 83.8 Å². The van der Waals surface area contributed by atoms with E-state index in [0.717, 1.165) is 24.8 Å². The molecule has 3 heterocycles. The van der Waals surface area contributed by atoms with Gasteiger partial charge < -0.3 is 9.32 Å². The summed E-state index contributed by atoms with van der Waals surface area (Å²) in [5, 5.41) is 1.31. The number of rotatable bonds is 1. The molecule has 2 nitrogen and oxygen atoms in total. The summed E-state index contributed by atoms with van der Waals surface area (Å²) < 4.78 is 6.24. The lowest BCUT2D eigenvalue weighted by Gasteiger charge is -2.54. The molecule has 2 aliphatic carbocycles. The highest BCUT2D eigenvalue weighted by Crippen LogP contribution is 2.60. The molecule has 0 radical (unpaired) electrons. The standard InChI is InChI=1S/C36H35NO/c1-35(2)26-11-6-7-14-30(26)37-31-18-16-23(21-29(31)36(3,4)28-13-9-12-27(35)34(28)37)22-17-19-33-25(20-22)24-10-5-8-15-32(24)38-33/h6-7,9,11-12,14,16-21,28H,5,8,10,13,15H2,1-4H3. The Morgan fingerprint density at radius 1 is 0.816 bits per heavy atom. The van der Waals surface area contributed by atoms with E-state index in [1.54, 1.807) is 0 Å². The first-order valence-corrected chi connectivity index (χ1v) is 14.4. The second-order valence-electron chi connectivity index (χ2n) is 12.8. The van der Waals surface area contributed by atoms with Gasteiger partial charge in [0.05, 0.1) is 0 Å². The number of fused-ring (bicyclic) bond motifs is 7. The average molecular weight is 498 g/mol. The van der Waals surface area contributed by atoms with Crippen LogP contribution in [0.5, 0.6) is 0 Å². The van der Waals surface area contributed by atoms with Crippen LogP contribution in [0, 0.1) is 5.92 Å². The molecule has 1 unspecified atom stereocenters. The van der Waals surface area contributed by atoms with Crippen LogP contribution in [0.2, 0.25) is 0 Å². The van der Waals surface area contributed by atoms with Gasteiger partial charge >= 0.3 is 0 Å².